The Bertz CT molecular complexity index is 1040. The lowest BCUT2D eigenvalue weighted by molar-refractivity contribution is -0.137. The van der Waals surface area contributed by atoms with Crippen LogP contribution in [0, 0.1) is 0 Å². The topological polar surface area (TPSA) is 71.5 Å². The third kappa shape index (κ3) is 3.87. The summed E-state index contributed by atoms with van der Waals surface area (Å²) >= 11 is 0. The Morgan fingerprint density at radius 1 is 0.889 bits per heavy atom. The molecule has 0 aromatic heterocycles. The van der Waals surface area contributed by atoms with Crippen LogP contribution in [-0.2, 0) is 26.0 Å². The Balaban J connectivity index is 1.86. The van der Waals surface area contributed by atoms with Gasteiger partial charge in [0.05, 0.1) is 20.6 Å². The van der Waals surface area contributed by atoms with Gasteiger partial charge in [-0.25, -0.2) is 16.8 Å². The second-order valence-corrected chi connectivity index (χ2v) is 10.3. The maximum absolute atomic E-state index is 12.9. The van der Waals surface area contributed by atoms with E-state index >= 15 is 0 Å². The molecule has 1 aliphatic heterocycles. The highest BCUT2D eigenvalue weighted by atomic mass is 32.2. The van der Waals surface area contributed by atoms with Crippen LogP contribution in [0.4, 0.5) is 13.2 Å². The second kappa shape index (κ2) is 6.92. The molecular formula is C17H16F3NO4S2. The highest BCUT2D eigenvalue weighted by Gasteiger charge is 2.40. The fourth-order valence-corrected chi connectivity index (χ4v) is 6.31. The highest BCUT2D eigenvalue weighted by molar-refractivity contribution is 7.92. The SMILES string of the molecule is O=S(=O)(c1ccccc1)C1CCN(S(=O)(=O)c2cccc(C(F)(F)F)c2)C1. The molecule has 27 heavy (non-hydrogen) atoms. The molecule has 1 unspecified atom stereocenters. The molecule has 0 aliphatic carbocycles. The Morgan fingerprint density at radius 3 is 2.15 bits per heavy atom. The van der Waals surface area contributed by atoms with E-state index in [1.54, 1.807) is 18.2 Å². The van der Waals surface area contributed by atoms with Gasteiger partial charge < -0.3 is 0 Å². The molecule has 0 spiro atoms. The summed E-state index contributed by atoms with van der Waals surface area (Å²) in [5.41, 5.74) is -1.07. The van der Waals surface area contributed by atoms with Crippen molar-refractivity contribution < 1.29 is 30.0 Å². The van der Waals surface area contributed by atoms with Crippen LogP contribution in [0.3, 0.4) is 0 Å². The summed E-state index contributed by atoms with van der Waals surface area (Å²) in [6.45, 7) is -0.370. The summed E-state index contributed by atoms with van der Waals surface area (Å²) in [6, 6.07) is 11.1. The van der Waals surface area contributed by atoms with E-state index < -0.39 is 41.7 Å². The van der Waals surface area contributed by atoms with Crippen molar-refractivity contribution in [3.63, 3.8) is 0 Å². The molecule has 5 nitrogen and oxygen atoms in total. The molecule has 1 aliphatic rings. The number of sulfone groups is 1. The number of rotatable bonds is 4. The van der Waals surface area contributed by atoms with Gasteiger partial charge in [-0.15, -0.1) is 0 Å². The predicted octanol–water partition coefficient (Wildman–Crippen LogP) is 2.94. The lowest BCUT2D eigenvalue weighted by Crippen LogP contribution is -2.32. The first-order valence-corrected chi connectivity index (χ1v) is 11.0. The van der Waals surface area contributed by atoms with Gasteiger partial charge >= 0.3 is 6.18 Å². The molecule has 0 N–H and O–H groups in total. The van der Waals surface area contributed by atoms with Crippen molar-refractivity contribution in [1.29, 1.82) is 0 Å². The van der Waals surface area contributed by atoms with Crippen molar-refractivity contribution in [3.8, 4) is 0 Å². The van der Waals surface area contributed by atoms with Crippen LogP contribution >= 0.6 is 0 Å². The zero-order valence-corrected chi connectivity index (χ0v) is 15.6. The van der Waals surface area contributed by atoms with Crippen LogP contribution in [0.2, 0.25) is 0 Å². The summed E-state index contributed by atoms with van der Waals surface area (Å²) in [6.07, 6.45) is -4.59. The third-order valence-electron chi connectivity index (χ3n) is 4.42. The quantitative estimate of drug-likeness (QED) is 0.764. The van der Waals surface area contributed by atoms with Crippen LogP contribution < -0.4 is 0 Å². The molecule has 10 heteroatoms. The first kappa shape index (κ1) is 19.8. The zero-order chi connectivity index (χ0) is 19.9. The molecular weight excluding hydrogens is 403 g/mol. The molecule has 2 aromatic carbocycles. The molecule has 3 rings (SSSR count). The van der Waals surface area contributed by atoms with Crippen molar-refractivity contribution in [2.45, 2.75) is 27.6 Å². The maximum Gasteiger partial charge on any atom is 0.416 e. The smallest absolute Gasteiger partial charge is 0.223 e. The van der Waals surface area contributed by atoms with E-state index in [9.17, 15) is 30.0 Å². The summed E-state index contributed by atoms with van der Waals surface area (Å²) in [5, 5.41) is -0.944. The first-order chi connectivity index (χ1) is 12.5. The van der Waals surface area contributed by atoms with Gasteiger partial charge in [0.1, 0.15) is 0 Å². The summed E-state index contributed by atoms with van der Waals surface area (Å²) in [7, 11) is -7.96. The molecule has 2 aromatic rings. The van der Waals surface area contributed by atoms with E-state index in [2.05, 4.69) is 0 Å². The molecule has 0 radical (unpaired) electrons. The van der Waals surface area contributed by atoms with Gasteiger partial charge in [0.2, 0.25) is 10.0 Å². The molecule has 146 valence electrons. The summed E-state index contributed by atoms with van der Waals surface area (Å²) < 4.78 is 90.2. The van der Waals surface area contributed by atoms with Crippen molar-refractivity contribution in [2.24, 2.45) is 0 Å². The van der Waals surface area contributed by atoms with E-state index in [-0.39, 0.29) is 24.4 Å². The van der Waals surface area contributed by atoms with Gasteiger partial charge in [0.15, 0.2) is 9.84 Å². The van der Waals surface area contributed by atoms with Crippen LogP contribution in [0.25, 0.3) is 0 Å². The second-order valence-electron chi connectivity index (χ2n) is 6.16. The molecule has 1 atom stereocenters. The molecule has 1 fully saturated rings. The fraction of sp³-hybridized carbons (Fsp3) is 0.294. The number of hydrogen-bond donors (Lipinski definition) is 0. The lowest BCUT2D eigenvalue weighted by Gasteiger charge is -2.18. The van der Waals surface area contributed by atoms with E-state index in [0.717, 1.165) is 22.5 Å². The maximum atomic E-state index is 12.9. The van der Waals surface area contributed by atoms with E-state index in [4.69, 9.17) is 0 Å². The standard InChI is InChI=1S/C17H16F3NO4S2/c18-17(19,20)13-5-4-8-15(11-13)27(24,25)21-10-9-16(12-21)26(22,23)14-6-2-1-3-7-14/h1-8,11,16H,9-10,12H2. The van der Waals surface area contributed by atoms with E-state index in [1.807, 2.05) is 0 Å². The largest absolute Gasteiger partial charge is 0.416 e. The van der Waals surface area contributed by atoms with Crippen molar-refractivity contribution in [2.75, 3.05) is 13.1 Å². The monoisotopic (exact) mass is 419 g/mol. The number of sulfonamides is 1. The normalized spacial score (nSPS) is 19.3. The molecule has 1 saturated heterocycles. The zero-order valence-electron chi connectivity index (χ0n) is 13.9. The number of hydrogen-bond acceptors (Lipinski definition) is 4. The minimum absolute atomic E-state index is 0.0741. The molecule has 0 bridgehead atoms. The number of alkyl halides is 3. The van der Waals surface area contributed by atoms with Gasteiger partial charge in [0.25, 0.3) is 0 Å². The minimum Gasteiger partial charge on any atom is -0.223 e. The average molecular weight is 419 g/mol. The Morgan fingerprint density at radius 2 is 1.52 bits per heavy atom. The summed E-state index contributed by atoms with van der Waals surface area (Å²) in [4.78, 5) is -0.414. The van der Waals surface area contributed by atoms with Crippen LogP contribution in [0.15, 0.2) is 64.4 Å². The van der Waals surface area contributed by atoms with E-state index in [1.165, 1.54) is 12.1 Å². The minimum atomic E-state index is -4.67. The lowest BCUT2D eigenvalue weighted by atomic mass is 10.2. The number of halogens is 3. The third-order valence-corrected chi connectivity index (χ3v) is 8.47. The van der Waals surface area contributed by atoms with Crippen LogP contribution in [-0.4, -0.2) is 39.5 Å². The molecule has 0 saturated carbocycles. The average Bonchev–Trinajstić information content (AvgIpc) is 3.14. The van der Waals surface area contributed by atoms with Crippen molar-refractivity contribution >= 4 is 19.9 Å². The van der Waals surface area contributed by atoms with Gasteiger partial charge in [-0.2, -0.15) is 17.5 Å². The Labute approximate surface area is 155 Å². The van der Waals surface area contributed by atoms with Gasteiger partial charge in [0, 0.05) is 13.1 Å². The van der Waals surface area contributed by atoms with Gasteiger partial charge in [-0.05, 0) is 36.8 Å². The Kier molecular flexibility index (Phi) is 5.08. The number of benzene rings is 2. The molecule has 0 amide bonds. The van der Waals surface area contributed by atoms with Gasteiger partial charge in [-0.3, -0.25) is 0 Å². The first-order valence-electron chi connectivity index (χ1n) is 7.99. The van der Waals surface area contributed by atoms with E-state index in [0.29, 0.717) is 6.07 Å². The Hall–Kier alpha value is -1.91. The number of nitrogens with zero attached hydrogens (tertiary/aromatic N) is 1. The van der Waals surface area contributed by atoms with Crippen molar-refractivity contribution in [3.05, 3.63) is 60.2 Å². The predicted molar refractivity (Wildman–Crippen MR) is 92.2 cm³/mol. The fourth-order valence-electron chi connectivity index (χ4n) is 2.95. The summed E-state index contributed by atoms with van der Waals surface area (Å²) in [5.74, 6) is 0. The van der Waals surface area contributed by atoms with Crippen LogP contribution in [0.5, 0.6) is 0 Å². The van der Waals surface area contributed by atoms with Crippen molar-refractivity contribution in [1.82, 2.24) is 4.31 Å². The molecule has 1 heterocycles. The van der Waals surface area contributed by atoms with Gasteiger partial charge in [-0.1, -0.05) is 24.3 Å². The highest BCUT2D eigenvalue weighted by Crippen LogP contribution is 2.32. The van der Waals surface area contributed by atoms with Crippen LogP contribution in [0.1, 0.15) is 12.0 Å².